The molecule has 0 saturated carbocycles. The predicted molar refractivity (Wildman–Crippen MR) is 74.4 cm³/mol. The van der Waals surface area contributed by atoms with Crippen LogP contribution in [0.2, 0.25) is 0 Å². The Bertz CT molecular complexity index is 527. The zero-order valence-electron chi connectivity index (χ0n) is 10.9. The van der Waals surface area contributed by atoms with E-state index in [2.05, 4.69) is 15.9 Å². The van der Waals surface area contributed by atoms with Crippen molar-refractivity contribution >= 4 is 27.8 Å². The number of furan rings is 1. The van der Waals surface area contributed by atoms with Crippen molar-refractivity contribution in [3.8, 4) is 0 Å². The lowest BCUT2D eigenvalue weighted by atomic mass is 9.88. The number of amides is 1. The second-order valence-corrected chi connectivity index (χ2v) is 6.42. The molecule has 2 unspecified atom stereocenters. The van der Waals surface area contributed by atoms with Gasteiger partial charge in [0, 0.05) is 18.5 Å². The monoisotopic (exact) mass is 341 g/mol. The van der Waals surface area contributed by atoms with Crippen LogP contribution in [0.15, 0.2) is 21.2 Å². The van der Waals surface area contributed by atoms with Crippen LogP contribution in [0.4, 0.5) is 0 Å². The smallest absolute Gasteiger partial charge is 0.303 e. The highest BCUT2D eigenvalue weighted by molar-refractivity contribution is 9.10. The van der Waals surface area contributed by atoms with Crippen LogP contribution < -0.4 is 0 Å². The second kappa shape index (κ2) is 5.24. The number of carboxylic acid groups (broad SMARTS) is 1. The van der Waals surface area contributed by atoms with Crippen LogP contribution in [0.3, 0.4) is 0 Å². The fourth-order valence-corrected chi connectivity index (χ4v) is 3.90. The van der Waals surface area contributed by atoms with E-state index in [1.807, 2.05) is 4.90 Å². The van der Waals surface area contributed by atoms with Crippen LogP contribution in [-0.2, 0) is 4.79 Å². The average Bonchev–Trinajstić information content (AvgIpc) is 2.91. The summed E-state index contributed by atoms with van der Waals surface area (Å²) in [4.78, 5) is 25.2. The van der Waals surface area contributed by atoms with E-state index < -0.39 is 5.97 Å². The molecule has 1 amide bonds. The first kappa shape index (κ1) is 13.7. The van der Waals surface area contributed by atoms with Crippen LogP contribution in [0.25, 0.3) is 0 Å². The Morgan fingerprint density at radius 2 is 1.95 bits per heavy atom. The summed E-state index contributed by atoms with van der Waals surface area (Å²) in [6, 6.07) is 3.71. The first-order chi connectivity index (χ1) is 9.54. The van der Waals surface area contributed by atoms with E-state index in [0.717, 1.165) is 25.7 Å². The predicted octanol–water partition coefficient (Wildman–Crippen LogP) is 2.90. The third kappa shape index (κ3) is 2.49. The van der Waals surface area contributed by atoms with E-state index in [-0.39, 0.29) is 30.3 Å². The van der Waals surface area contributed by atoms with Gasteiger partial charge in [0.1, 0.15) is 0 Å². The molecule has 1 N–H and O–H groups in total. The Labute approximate surface area is 125 Å². The minimum atomic E-state index is -0.746. The Balaban J connectivity index is 1.74. The van der Waals surface area contributed by atoms with Crippen molar-refractivity contribution in [1.82, 2.24) is 4.90 Å². The van der Waals surface area contributed by atoms with E-state index >= 15 is 0 Å². The van der Waals surface area contributed by atoms with Gasteiger partial charge in [-0.25, -0.2) is 0 Å². The molecule has 2 aliphatic heterocycles. The summed E-state index contributed by atoms with van der Waals surface area (Å²) in [5.74, 6) is -0.274. The maximum absolute atomic E-state index is 12.5. The van der Waals surface area contributed by atoms with Gasteiger partial charge in [0.15, 0.2) is 10.4 Å². The number of halogens is 1. The van der Waals surface area contributed by atoms with Gasteiger partial charge in [-0.15, -0.1) is 0 Å². The molecule has 0 aromatic carbocycles. The topological polar surface area (TPSA) is 70.8 Å². The molecule has 108 valence electrons. The maximum atomic E-state index is 12.5. The quantitative estimate of drug-likeness (QED) is 0.917. The SMILES string of the molecule is O=C(O)CC1CC2CCC(C1)N2C(=O)c1ccc(Br)o1. The van der Waals surface area contributed by atoms with Crippen LogP contribution in [0.5, 0.6) is 0 Å². The molecule has 2 aliphatic rings. The molecule has 1 aromatic heterocycles. The highest BCUT2D eigenvalue weighted by Gasteiger charge is 2.44. The zero-order chi connectivity index (χ0) is 14.3. The number of carbonyl (C=O) groups excluding carboxylic acids is 1. The summed E-state index contributed by atoms with van der Waals surface area (Å²) < 4.78 is 5.90. The van der Waals surface area contributed by atoms with Crippen molar-refractivity contribution in [2.45, 2.75) is 44.2 Å². The van der Waals surface area contributed by atoms with Gasteiger partial charge in [-0.05, 0) is 59.7 Å². The van der Waals surface area contributed by atoms with Gasteiger partial charge in [-0.1, -0.05) is 0 Å². The van der Waals surface area contributed by atoms with Crippen molar-refractivity contribution in [3.05, 3.63) is 22.6 Å². The molecule has 2 fully saturated rings. The highest BCUT2D eigenvalue weighted by atomic mass is 79.9. The van der Waals surface area contributed by atoms with Crippen LogP contribution in [0.1, 0.15) is 42.7 Å². The molecule has 2 saturated heterocycles. The van der Waals surface area contributed by atoms with E-state index in [9.17, 15) is 9.59 Å². The molecule has 0 spiro atoms. The standard InChI is InChI=1S/C14H16BrNO4/c15-12-4-3-11(20-12)14(19)16-9-1-2-10(16)6-8(5-9)7-13(17)18/h3-4,8-10H,1-2,5-7H2,(H,17,18). The lowest BCUT2D eigenvalue weighted by Crippen LogP contribution is -2.46. The van der Waals surface area contributed by atoms with Crippen LogP contribution in [0, 0.1) is 5.92 Å². The molecule has 2 bridgehead atoms. The largest absolute Gasteiger partial charge is 0.481 e. The third-order valence-corrected chi connectivity index (χ3v) is 4.74. The summed E-state index contributed by atoms with van der Waals surface area (Å²) in [5, 5.41) is 8.91. The third-order valence-electron chi connectivity index (χ3n) is 4.31. The number of rotatable bonds is 3. The summed E-state index contributed by atoms with van der Waals surface area (Å²) in [5.41, 5.74) is 0. The summed E-state index contributed by atoms with van der Waals surface area (Å²) in [6.45, 7) is 0. The Morgan fingerprint density at radius 3 is 2.45 bits per heavy atom. The van der Waals surface area contributed by atoms with Gasteiger partial charge in [0.25, 0.3) is 5.91 Å². The van der Waals surface area contributed by atoms with E-state index in [4.69, 9.17) is 9.52 Å². The zero-order valence-corrected chi connectivity index (χ0v) is 12.5. The molecule has 3 heterocycles. The number of nitrogens with zero attached hydrogens (tertiary/aromatic N) is 1. The summed E-state index contributed by atoms with van der Waals surface area (Å²) >= 11 is 3.20. The first-order valence-corrected chi connectivity index (χ1v) is 7.63. The van der Waals surface area contributed by atoms with Crippen LogP contribution in [-0.4, -0.2) is 34.0 Å². The van der Waals surface area contributed by atoms with E-state index in [1.54, 1.807) is 12.1 Å². The molecule has 3 rings (SSSR count). The molecule has 1 aromatic rings. The number of carbonyl (C=O) groups is 2. The Hall–Kier alpha value is -1.30. The second-order valence-electron chi connectivity index (χ2n) is 5.64. The van der Waals surface area contributed by atoms with E-state index in [1.165, 1.54) is 0 Å². The lowest BCUT2D eigenvalue weighted by Gasteiger charge is -2.38. The number of carboxylic acids is 1. The minimum absolute atomic E-state index is 0.0722. The Kier molecular flexibility index (Phi) is 3.58. The van der Waals surface area contributed by atoms with Gasteiger partial charge < -0.3 is 14.4 Å². The fourth-order valence-electron chi connectivity index (χ4n) is 3.59. The van der Waals surface area contributed by atoms with Gasteiger partial charge >= 0.3 is 5.97 Å². The van der Waals surface area contributed by atoms with Gasteiger partial charge in [0.05, 0.1) is 0 Å². The number of fused-ring (bicyclic) bond motifs is 2. The number of aliphatic carboxylic acids is 1. The van der Waals surface area contributed by atoms with Crippen molar-refractivity contribution < 1.29 is 19.1 Å². The lowest BCUT2D eigenvalue weighted by molar-refractivity contribution is -0.138. The molecular formula is C14H16BrNO4. The van der Waals surface area contributed by atoms with Crippen molar-refractivity contribution in [3.63, 3.8) is 0 Å². The normalized spacial score (nSPS) is 28.6. The highest BCUT2D eigenvalue weighted by Crippen LogP contribution is 2.40. The summed E-state index contributed by atoms with van der Waals surface area (Å²) in [6.07, 6.45) is 3.72. The molecule has 2 atom stereocenters. The van der Waals surface area contributed by atoms with Gasteiger partial charge in [-0.2, -0.15) is 0 Å². The number of hydrogen-bond donors (Lipinski definition) is 1. The summed E-state index contributed by atoms with van der Waals surface area (Å²) in [7, 11) is 0. The van der Waals surface area contributed by atoms with Crippen molar-refractivity contribution in [1.29, 1.82) is 0 Å². The average molecular weight is 342 g/mol. The molecule has 6 heteroatoms. The Morgan fingerprint density at radius 1 is 1.30 bits per heavy atom. The van der Waals surface area contributed by atoms with Crippen LogP contribution >= 0.6 is 15.9 Å². The minimum Gasteiger partial charge on any atom is -0.481 e. The van der Waals surface area contributed by atoms with Gasteiger partial charge in [-0.3, -0.25) is 9.59 Å². The van der Waals surface area contributed by atoms with Gasteiger partial charge in [0.2, 0.25) is 0 Å². The molecule has 0 radical (unpaired) electrons. The number of piperidine rings is 1. The van der Waals surface area contributed by atoms with Crippen molar-refractivity contribution in [2.75, 3.05) is 0 Å². The number of hydrogen-bond acceptors (Lipinski definition) is 3. The molecular weight excluding hydrogens is 326 g/mol. The molecule has 20 heavy (non-hydrogen) atoms. The fraction of sp³-hybridized carbons (Fsp3) is 0.571. The van der Waals surface area contributed by atoms with Crippen molar-refractivity contribution in [2.24, 2.45) is 5.92 Å². The first-order valence-electron chi connectivity index (χ1n) is 6.84. The molecule has 0 aliphatic carbocycles. The maximum Gasteiger partial charge on any atom is 0.303 e. The molecule has 5 nitrogen and oxygen atoms in total. The van der Waals surface area contributed by atoms with E-state index in [0.29, 0.717) is 10.4 Å².